The molecule has 92 valence electrons. The quantitative estimate of drug-likeness (QED) is 0.849. The van der Waals surface area contributed by atoms with E-state index in [4.69, 9.17) is 11.6 Å². The molecule has 0 aromatic carbocycles. The lowest BCUT2D eigenvalue weighted by atomic mass is 10.4. The van der Waals surface area contributed by atoms with Crippen LogP contribution in [-0.2, 0) is 6.54 Å². The molecule has 0 fully saturated rings. The van der Waals surface area contributed by atoms with E-state index in [1.807, 2.05) is 11.6 Å². The van der Waals surface area contributed by atoms with Crippen molar-refractivity contribution in [2.75, 3.05) is 11.9 Å². The summed E-state index contributed by atoms with van der Waals surface area (Å²) in [7, 11) is 0. The highest BCUT2D eigenvalue weighted by Crippen LogP contribution is 2.17. The van der Waals surface area contributed by atoms with E-state index in [9.17, 15) is 0 Å². The summed E-state index contributed by atoms with van der Waals surface area (Å²) < 4.78 is 9.95. The van der Waals surface area contributed by atoms with Gasteiger partial charge in [0.2, 0.25) is 0 Å². The molecule has 0 amide bonds. The number of anilines is 1. The van der Waals surface area contributed by atoms with E-state index < -0.39 is 0 Å². The minimum absolute atomic E-state index is 0.445. The van der Waals surface area contributed by atoms with Gasteiger partial charge in [0.05, 0.1) is 17.4 Å². The smallest absolute Gasteiger partial charge is 0.186 e. The monoisotopic (exact) mass is 271 g/mol. The molecule has 2 aromatic rings. The first-order valence-electron chi connectivity index (χ1n) is 5.40. The summed E-state index contributed by atoms with van der Waals surface area (Å²) in [6.07, 6.45) is 0.968. The number of rotatable bonds is 5. The van der Waals surface area contributed by atoms with Crippen LogP contribution in [0.4, 0.5) is 5.82 Å². The average Bonchev–Trinajstić information content (AvgIpc) is 2.81. The normalized spacial score (nSPS) is 10.8. The van der Waals surface area contributed by atoms with E-state index in [1.165, 1.54) is 5.69 Å². The maximum absolute atomic E-state index is 5.82. The minimum Gasteiger partial charge on any atom is -0.367 e. The largest absolute Gasteiger partial charge is 0.367 e. The van der Waals surface area contributed by atoms with Gasteiger partial charge in [0, 0.05) is 18.8 Å². The summed E-state index contributed by atoms with van der Waals surface area (Å²) in [5.41, 5.74) is 2.25. The predicted octanol–water partition coefficient (Wildman–Crippen LogP) is 2.51. The SMILES string of the molecule is Cc1cc(C)n(CCCNc2nsnc2Cl)n1. The van der Waals surface area contributed by atoms with Crippen molar-refractivity contribution in [3.63, 3.8) is 0 Å². The molecule has 0 aliphatic carbocycles. The van der Waals surface area contributed by atoms with Gasteiger partial charge < -0.3 is 5.32 Å². The van der Waals surface area contributed by atoms with Crippen LogP contribution in [0.25, 0.3) is 0 Å². The van der Waals surface area contributed by atoms with Crippen molar-refractivity contribution in [2.24, 2.45) is 0 Å². The highest BCUT2D eigenvalue weighted by Gasteiger charge is 2.04. The van der Waals surface area contributed by atoms with Gasteiger partial charge in [0.1, 0.15) is 0 Å². The molecule has 0 saturated heterocycles. The van der Waals surface area contributed by atoms with E-state index in [0.29, 0.717) is 11.0 Å². The van der Waals surface area contributed by atoms with Gasteiger partial charge in [0.15, 0.2) is 11.0 Å². The molecule has 2 heterocycles. The van der Waals surface area contributed by atoms with Crippen LogP contribution in [-0.4, -0.2) is 25.1 Å². The lowest BCUT2D eigenvalue weighted by Crippen LogP contribution is -2.09. The van der Waals surface area contributed by atoms with Gasteiger partial charge in [-0.2, -0.15) is 13.8 Å². The van der Waals surface area contributed by atoms with Crippen LogP contribution in [0.15, 0.2) is 6.07 Å². The second-order valence-corrected chi connectivity index (χ2v) is 4.72. The van der Waals surface area contributed by atoms with Crippen LogP contribution in [0.1, 0.15) is 17.8 Å². The molecule has 0 bridgehead atoms. The molecule has 5 nitrogen and oxygen atoms in total. The molecule has 0 atom stereocenters. The molecule has 1 N–H and O–H groups in total. The van der Waals surface area contributed by atoms with Crippen molar-refractivity contribution >= 4 is 29.1 Å². The summed E-state index contributed by atoms with van der Waals surface area (Å²) in [6, 6.07) is 2.08. The van der Waals surface area contributed by atoms with Crippen LogP contribution >= 0.6 is 23.3 Å². The minimum atomic E-state index is 0.445. The summed E-state index contributed by atoms with van der Waals surface area (Å²) >= 11 is 6.94. The number of hydrogen-bond donors (Lipinski definition) is 1. The van der Waals surface area contributed by atoms with Gasteiger partial charge in [-0.05, 0) is 26.3 Å². The second kappa shape index (κ2) is 5.46. The highest BCUT2D eigenvalue weighted by atomic mass is 35.5. The van der Waals surface area contributed by atoms with Crippen LogP contribution in [0.5, 0.6) is 0 Å². The Kier molecular flexibility index (Phi) is 3.96. The maximum Gasteiger partial charge on any atom is 0.186 e. The van der Waals surface area contributed by atoms with Crippen molar-refractivity contribution in [1.82, 2.24) is 18.5 Å². The Bertz CT molecular complexity index is 493. The first-order chi connectivity index (χ1) is 8.16. The predicted molar refractivity (Wildman–Crippen MR) is 69.7 cm³/mol. The fraction of sp³-hybridized carbons (Fsp3) is 0.500. The van der Waals surface area contributed by atoms with E-state index >= 15 is 0 Å². The molecule has 2 aromatic heterocycles. The van der Waals surface area contributed by atoms with Crippen LogP contribution in [0, 0.1) is 13.8 Å². The Morgan fingerprint density at radius 2 is 2.24 bits per heavy atom. The van der Waals surface area contributed by atoms with E-state index in [0.717, 1.165) is 36.9 Å². The average molecular weight is 272 g/mol. The number of aryl methyl sites for hydroxylation is 3. The van der Waals surface area contributed by atoms with Crippen molar-refractivity contribution < 1.29 is 0 Å². The van der Waals surface area contributed by atoms with Crippen molar-refractivity contribution in [2.45, 2.75) is 26.8 Å². The lowest BCUT2D eigenvalue weighted by molar-refractivity contribution is 0.573. The van der Waals surface area contributed by atoms with E-state index in [1.54, 1.807) is 0 Å². The summed E-state index contributed by atoms with van der Waals surface area (Å²) in [5, 5.41) is 8.00. The number of hydrogen-bond acceptors (Lipinski definition) is 5. The standard InChI is InChI=1S/C10H14ClN5S/c1-7-6-8(2)16(13-7)5-3-4-12-10-9(11)14-17-15-10/h6H,3-5H2,1-2H3,(H,12,15). The summed E-state index contributed by atoms with van der Waals surface area (Å²) in [6.45, 7) is 5.77. The fourth-order valence-corrected chi connectivity index (χ4v) is 2.30. The van der Waals surface area contributed by atoms with Gasteiger partial charge in [-0.25, -0.2) is 0 Å². The molecule has 17 heavy (non-hydrogen) atoms. The Hall–Kier alpha value is -1.14. The molecule has 7 heteroatoms. The Morgan fingerprint density at radius 3 is 2.82 bits per heavy atom. The number of nitrogens with one attached hydrogen (secondary N) is 1. The number of nitrogens with zero attached hydrogens (tertiary/aromatic N) is 4. The third kappa shape index (κ3) is 3.17. The highest BCUT2D eigenvalue weighted by molar-refractivity contribution is 6.99. The molecule has 0 spiro atoms. The molecule has 0 radical (unpaired) electrons. The third-order valence-electron chi connectivity index (χ3n) is 2.39. The third-order valence-corrected chi connectivity index (χ3v) is 3.28. The molecule has 0 unspecified atom stereocenters. The summed E-state index contributed by atoms with van der Waals surface area (Å²) in [5.74, 6) is 0.671. The maximum atomic E-state index is 5.82. The summed E-state index contributed by atoms with van der Waals surface area (Å²) in [4.78, 5) is 0. The second-order valence-electron chi connectivity index (χ2n) is 3.83. The van der Waals surface area contributed by atoms with Crippen molar-refractivity contribution in [1.29, 1.82) is 0 Å². The van der Waals surface area contributed by atoms with Crippen molar-refractivity contribution in [3.8, 4) is 0 Å². The number of aromatic nitrogens is 4. The van der Waals surface area contributed by atoms with Gasteiger partial charge in [-0.1, -0.05) is 11.6 Å². The molecule has 0 saturated carbocycles. The lowest BCUT2D eigenvalue weighted by Gasteiger charge is -2.05. The van der Waals surface area contributed by atoms with E-state index in [2.05, 4.69) is 32.2 Å². The zero-order chi connectivity index (χ0) is 12.3. The van der Waals surface area contributed by atoms with Crippen LogP contribution in [0.3, 0.4) is 0 Å². The zero-order valence-corrected chi connectivity index (χ0v) is 11.3. The molecule has 2 rings (SSSR count). The first-order valence-corrected chi connectivity index (χ1v) is 6.50. The van der Waals surface area contributed by atoms with E-state index in [-0.39, 0.29) is 0 Å². The van der Waals surface area contributed by atoms with Gasteiger partial charge in [-0.15, -0.1) is 0 Å². The topological polar surface area (TPSA) is 55.6 Å². The van der Waals surface area contributed by atoms with Crippen LogP contribution in [0.2, 0.25) is 5.15 Å². The fourth-order valence-electron chi connectivity index (χ4n) is 1.62. The van der Waals surface area contributed by atoms with Gasteiger partial charge in [0.25, 0.3) is 0 Å². The number of halogens is 1. The Balaban J connectivity index is 1.77. The molecular formula is C10H14ClN5S. The molecule has 0 aliphatic rings. The Labute approximate surface area is 109 Å². The molecule has 0 aliphatic heterocycles. The molecular weight excluding hydrogens is 258 g/mol. The van der Waals surface area contributed by atoms with Gasteiger partial charge >= 0.3 is 0 Å². The van der Waals surface area contributed by atoms with Crippen molar-refractivity contribution in [3.05, 3.63) is 22.6 Å². The van der Waals surface area contributed by atoms with Gasteiger partial charge in [-0.3, -0.25) is 4.68 Å². The Morgan fingerprint density at radius 1 is 1.41 bits per heavy atom. The van der Waals surface area contributed by atoms with Crippen LogP contribution < -0.4 is 5.32 Å². The first kappa shape index (κ1) is 12.3. The zero-order valence-electron chi connectivity index (χ0n) is 9.77.